The van der Waals surface area contributed by atoms with E-state index in [1.807, 2.05) is 0 Å². The van der Waals surface area contributed by atoms with Crippen LogP contribution in [0.1, 0.15) is 5.56 Å². The van der Waals surface area contributed by atoms with Gasteiger partial charge in [0.25, 0.3) is 5.91 Å². The molecule has 0 aliphatic heterocycles. The second-order valence-electron chi connectivity index (χ2n) is 4.37. The van der Waals surface area contributed by atoms with Crippen molar-refractivity contribution in [3.63, 3.8) is 0 Å². The van der Waals surface area contributed by atoms with Gasteiger partial charge in [0, 0.05) is 11.6 Å². The third kappa shape index (κ3) is 4.53. The number of benzene rings is 2. The number of para-hydroxylation sites is 3. The second-order valence-corrected chi connectivity index (χ2v) is 4.37. The monoisotopic (exact) mass is 315 g/mol. The highest BCUT2D eigenvalue weighted by Gasteiger charge is 2.14. The van der Waals surface area contributed by atoms with Crippen LogP contribution in [0.5, 0.6) is 11.5 Å². The Morgan fingerprint density at radius 3 is 2.70 bits per heavy atom. The van der Waals surface area contributed by atoms with E-state index >= 15 is 0 Å². The van der Waals surface area contributed by atoms with Gasteiger partial charge >= 0.3 is 5.69 Å². The zero-order valence-electron chi connectivity index (χ0n) is 11.9. The van der Waals surface area contributed by atoms with Crippen LogP contribution in [0.4, 0.5) is 5.69 Å². The van der Waals surface area contributed by atoms with E-state index in [1.165, 1.54) is 30.5 Å². The van der Waals surface area contributed by atoms with Crippen LogP contribution in [-0.2, 0) is 4.79 Å². The number of hydrazone groups is 1. The summed E-state index contributed by atoms with van der Waals surface area (Å²) in [7, 11) is 0. The number of phenolic OH excluding ortho intramolecular Hbond substituents is 1. The van der Waals surface area contributed by atoms with Gasteiger partial charge in [-0.25, -0.2) is 5.43 Å². The third-order valence-electron chi connectivity index (χ3n) is 2.75. The first-order valence-corrected chi connectivity index (χ1v) is 6.54. The topological polar surface area (TPSA) is 114 Å². The lowest BCUT2D eigenvalue weighted by molar-refractivity contribution is -0.385. The van der Waals surface area contributed by atoms with Crippen LogP contribution in [0.3, 0.4) is 0 Å². The van der Waals surface area contributed by atoms with Crippen LogP contribution in [-0.4, -0.2) is 28.8 Å². The minimum Gasteiger partial charge on any atom is -0.507 e. The summed E-state index contributed by atoms with van der Waals surface area (Å²) in [6.45, 7) is -0.428. The van der Waals surface area contributed by atoms with Crippen molar-refractivity contribution in [2.45, 2.75) is 0 Å². The SMILES string of the molecule is O=C(COc1ccccc1[N+](=O)[O-])NN=Cc1ccccc1O. The first kappa shape index (κ1) is 16.0. The maximum atomic E-state index is 11.6. The van der Waals surface area contributed by atoms with Crippen LogP contribution in [0.15, 0.2) is 53.6 Å². The molecule has 2 N–H and O–H groups in total. The normalized spacial score (nSPS) is 10.4. The van der Waals surface area contributed by atoms with Crippen molar-refractivity contribution >= 4 is 17.8 Å². The maximum Gasteiger partial charge on any atom is 0.310 e. The number of nitro benzene ring substituents is 1. The Bertz CT molecular complexity index is 745. The molecule has 118 valence electrons. The predicted molar refractivity (Wildman–Crippen MR) is 82.4 cm³/mol. The van der Waals surface area contributed by atoms with Gasteiger partial charge in [-0.3, -0.25) is 14.9 Å². The van der Waals surface area contributed by atoms with Crippen LogP contribution in [0.25, 0.3) is 0 Å². The molecule has 23 heavy (non-hydrogen) atoms. The van der Waals surface area contributed by atoms with Crippen LogP contribution in [0, 0.1) is 10.1 Å². The van der Waals surface area contributed by atoms with Crippen molar-refractivity contribution in [1.29, 1.82) is 0 Å². The van der Waals surface area contributed by atoms with Crippen LogP contribution >= 0.6 is 0 Å². The Labute approximate surface area is 131 Å². The smallest absolute Gasteiger partial charge is 0.310 e. The summed E-state index contributed by atoms with van der Waals surface area (Å²) in [6, 6.07) is 12.2. The van der Waals surface area contributed by atoms with E-state index in [2.05, 4.69) is 10.5 Å². The first-order chi connectivity index (χ1) is 11.1. The number of rotatable bonds is 6. The highest BCUT2D eigenvalue weighted by atomic mass is 16.6. The minimum atomic E-state index is -0.594. The van der Waals surface area contributed by atoms with Gasteiger partial charge in [0.15, 0.2) is 12.4 Å². The highest BCUT2D eigenvalue weighted by molar-refractivity contribution is 5.85. The molecule has 2 aromatic carbocycles. The van der Waals surface area contributed by atoms with E-state index in [0.717, 1.165) is 0 Å². The van der Waals surface area contributed by atoms with Crippen molar-refractivity contribution in [3.05, 3.63) is 64.2 Å². The Hall–Kier alpha value is -3.42. The fraction of sp³-hybridized carbons (Fsp3) is 0.0667. The van der Waals surface area contributed by atoms with Crippen molar-refractivity contribution in [3.8, 4) is 11.5 Å². The van der Waals surface area contributed by atoms with Gasteiger partial charge in [-0.15, -0.1) is 0 Å². The molecular formula is C15H13N3O5. The van der Waals surface area contributed by atoms with Crippen LogP contribution < -0.4 is 10.2 Å². The Morgan fingerprint density at radius 1 is 1.26 bits per heavy atom. The fourth-order valence-electron chi connectivity index (χ4n) is 1.68. The number of nitro groups is 1. The number of nitrogens with zero attached hydrogens (tertiary/aromatic N) is 2. The predicted octanol–water partition coefficient (Wildman–Crippen LogP) is 1.83. The Kier molecular flexibility index (Phi) is 5.24. The lowest BCUT2D eigenvalue weighted by Gasteiger charge is -2.05. The molecule has 2 aromatic rings. The number of amides is 1. The summed E-state index contributed by atoms with van der Waals surface area (Å²) in [6.07, 6.45) is 1.28. The quantitative estimate of drug-likeness (QED) is 0.479. The van der Waals surface area contributed by atoms with E-state index in [-0.39, 0.29) is 17.2 Å². The average molecular weight is 315 g/mol. The van der Waals surface area contributed by atoms with Gasteiger partial charge in [-0.2, -0.15) is 5.10 Å². The molecule has 1 amide bonds. The van der Waals surface area contributed by atoms with Gasteiger partial charge in [0.2, 0.25) is 0 Å². The molecule has 0 radical (unpaired) electrons. The minimum absolute atomic E-state index is 0.00247. The van der Waals surface area contributed by atoms with Gasteiger partial charge in [-0.05, 0) is 18.2 Å². The maximum absolute atomic E-state index is 11.6. The highest BCUT2D eigenvalue weighted by Crippen LogP contribution is 2.25. The number of nitrogens with one attached hydrogen (secondary N) is 1. The molecule has 0 spiro atoms. The average Bonchev–Trinajstić information content (AvgIpc) is 2.55. The van der Waals surface area contributed by atoms with Gasteiger partial charge in [0.05, 0.1) is 11.1 Å². The molecule has 8 nitrogen and oxygen atoms in total. The number of hydrogen-bond acceptors (Lipinski definition) is 6. The second kappa shape index (κ2) is 7.55. The molecule has 0 unspecified atom stereocenters. The van der Waals surface area contributed by atoms with Crippen molar-refractivity contribution in [2.24, 2.45) is 5.10 Å². The number of carbonyl (C=O) groups is 1. The summed E-state index contributed by atoms with van der Waals surface area (Å²) >= 11 is 0. The van der Waals surface area contributed by atoms with Crippen molar-refractivity contribution < 1.29 is 19.6 Å². The van der Waals surface area contributed by atoms with Crippen molar-refractivity contribution in [2.75, 3.05) is 6.61 Å². The number of aromatic hydroxyl groups is 1. The summed E-state index contributed by atoms with van der Waals surface area (Å²) < 4.78 is 5.11. The Balaban J connectivity index is 1.89. The van der Waals surface area contributed by atoms with E-state index in [1.54, 1.807) is 24.3 Å². The third-order valence-corrected chi connectivity index (χ3v) is 2.75. The molecule has 0 aromatic heterocycles. The van der Waals surface area contributed by atoms with E-state index in [4.69, 9.17) is 4.74 Å². The lowest BCUT2D eigenvalue weighted by atomic mass is 10.2. The molecule has 2 rings (SSSR count). The van der Waals surface area contributed by atoms with E-state index < -0.39 is 17.4 Å². The summed E-state index contributed by atoms with van der Waals surface area (Å²) in [5.41, 5.74) is 2.42. The van der Waals surface area contributed by atoms with E-state index in [9.17, 15) is 20.0 Å². The molecule has 0 saturated heterocycles. The molecule has 0 aliphatic carbocycles. The zero-order valence-corrected chi connectivity index (χ0v) is 11.9. The Morgan fingerprint density at radius 2 is 1.96 bits per heavy atom. The fourth-order valence-corrected chi connectivity index (χ4v) is 1.68. The summed E-state index contributed by atoms with van der Waals surface area (Å²) in [5, 5.41) is 24.0. The first-order valence-electron chi connectivity index (χ1n) is 6.54. The van der Waals surface area contributed by atoms with Gasteiger partial charge < -0.3 is 9.84 Å². The molecule has 0 atom stereocenters. The summed E-state index contributed by atoms with van der Waals surface area (Å²) in [4.78, 5) is 21.8. The van der Waals surface area contributed by atoms with Gasteiger partial charge in [0.1, 0.15) is 5.75 Å². The molecule has 8 heteroatoms. The number of hydrogen-bond donors (Lipinski definition) is 2. The number of ether oxygens (including phenoxy) is 1. The zero-order chi connectivity index (χ0) is 16.7. The standard InChI is InChI=1S/C15H13N3O5/c19-13-7-3-1-5-11(13)9-16-17-15(20)10-23-14-8-4-2-6-12(14)18(21)22/h1-9,19H,10H2,(H,17,20). The molecular weight excluding hydrogens is 302 g/mol. The van der Waals surface area contributed by atoms with E-state index in [0.29, 0.717) is 5.56 Å². The molecule has 0 heterocycles. The number of carbonyl (C=O) groups excluding carboxylic acids is 1. The van der Waals surface area contributed by atoms with Crippen molar-refractivity contribution in [1.82, 2.24) is 5.43 Å². The lowest BCUT2D eigenvalue weighted by Crippen LogP contribution is -2.24. The molecule has 0 saturated carbocycles. The van der Waals surface area contributed by atoms with Gasteiger partial charge in [-0.1, -0.05) is 24.3 Å². The molecule has 0 aliphatic rings. The molecule has 0 bridgehead atoms. The van der Waals surface area contributed by atoms with Crippen LogP contribution in [0.2, 0.25) is 0 Å². The summed E-state index contributed by atoms with van der Waals surface area (Å²) in [5.74, 6) is -0.561. The molecule has 0 fully saturated rings. The number of phenols is 1. The largest absolute Gasteiger partial charge is 0.507 e.